The average Bonchev–Trinajstić information content (AvgIpc) is 2.80. The highest BCUT2D eigenvalue weighted by Gasteiger charge is 2.31. The molecule has 0 radical (unpaired) electrons. The summed E-state index contributed by atoms with van der Waals surface area (Å²) in [6.45, 7) is 4.92. The summed E-state index contributed by atoms with van der Waals surface area (Å²) in [6, 6.07) is 11.5. The van der Waals surface area contributed by atoms with E-state index in [-0.39, 0.29) is 22.8 Å². The molecule has 35 heavy (non-hydrogen) atoms. The molecule has 3 rings (SSSR count). The van der Waals surface area contributed by atoms with E-state index in [2.05, 4.69) is 15.9 Å². The number of hydrogen-bond acceptors (Lipinski definition) is 5. The molecule has 1 aromatic heterocycles. The first-order valence-corrected chi connectivity index (χ1v) is 13.0. The number of carbonyl (C=O) groups excluding carboxylic acids is 1. The zero-order valence-electron chi connectivity index (χ0n) is 20.1. The summed E-state index contributed by atoms with van der Waals surface area (Å²) < 4.78 is 31.0. The monoisotopic (exact) mass is 562 g/mol. The van der Waals surface area contributed by atoms with Gasteiger partial charge in [0.2, 0.25) is 5.91 Å². The molecule has 186 valence electrons. The Kier molecular flexibility index (Phi) is 7.71. The molecule has 1 amide bonds. The van der Waals surface area contributed by atoms with Crippen LogP contribution in [0.25, 0.3) is 0 Å². The van der Waals surface area contributed by atoms with Crippen molar-refractivity contribution < 1.29 is 13.2 Å². The van der Waals surface area contributed by atoms with Gasteiger partial charge >= 0.3 is 5.69 Å². The van der Waals surface area contributed by atoms with E-state index in [1.165, 1.54) is 41.9 Å². The highest BCUT2D eigenvalue weighted by atomic mass is 79.9. The molecule has 0 aliphatic rings. The first kappa shape index (κ1) is 26.4. The smallest absolute Gasteiger partial charge is 0.305 e. The number of likely N-dealkylation sites (N-methyl/N-ethyl adjacent to an activating group) is 1. The summed E-state index contributed by atoms with van der Waals surface area (Å²) in [5.41, 5.74) is 0.892. The third-order valence-electron chi connectivity index (χ3n) is 5.60. The number of rotatable bonds is 7. The van der Waals surface area contributed by atoms with Gasteiger partial charge in [0.15, 0.2) is 0 Å². The van der Waals surface area contributed by atoms with Gasteiger partial charge in [-0.2, -0.15) is 0 Å². The van der Waals surface area contributed by atoms with Gasteiger partial charge in [-0.05, 0) is 66.5 Å². The number of anilines is 2. The second-order valence-electron chi connectivity index (χ2n) is 8.19. The van der Waals surface area contributed by atoms with Crippen LogP contribution in [0.5, 0.6) is 0 Å². The lowest BCUT2D eigenvalue weighted by molar-refractivity contribution is -0.117. The van der Waals surface area contributed by atoms with Gasteiger partial charge in [-0.3, -0.25) is 18.5 Å². The SMILES string of the molecule is CCN(C(=O)CN(c1ccc(C)cc1Br)S(=O)(=O)c1ccc(C)cc1)c1cn(C)c(=O)n(C)c1=O. The van der Waals surface area contributed by atoms with Crippen molar-refractivity contribution in [1.82, 2.24) is 9.13 Å². The summed E-state index contributed by atoms with van der Waals surface area (Å²) in [4.78, 5) is 39.6. The first-order chi connectivity index (χ1) is 16.4. The van der Waals surface area contributed by atoms with Crippen LogP contribution in [0.4, 0.5) is 11.4 Å². The van der Waals surface area contributed by atoms with Crippen molar-refractivity contribution in [3.05, 3.63) is 85.1 Å². The largest absolute Gasteiger partial charge is 0.330 e. The third-order valence-corrected chi connectivity index (χ3v) is 8.01. The quantitative estimate of drug-likeness (QED) is 0.440. The molecule has 0 atom stereocenters. The molecule has 0 unspecified atom stereocenters. The molecule has 0 spiro atoms. The fraction of sp³-hybridized carbons (Fsp3) is 0.292. The van der Waals surface area contributed by atoms with E-state index in [0.29, 0.717) is 4.47 Å². The summed E-state index contributed by atoms with van der Waals surface area (Å²) in [5, 5.41) is 0. The van der Waals surface area contributed by atoms with Crippen molar-refractivity contribution in [2.75, 3.05) is 22.3 Å². The molecule has 0 saturated carbocycles. The van der Waals surface area contributed by atoms with Crippen LogP contribution >= 0.6 is 15.9 Å². The number of hydrogen-bond donors (Lipinski definition) is 0. The van der Waals surface area contributed by atoms with Crippen molar-refractivity contribution in [1.29, 1.82) is 0 Å². The Morgan fingerprint density at radius 1 is 0.971 bits per heavy atom. The predicted molar refractivity (Wildman–Crippen MR) is 140 cm³/mol. The lowest BCUT2D eigenvalue weighted by atomic mass is 10.2. The Hall–Kier alpha value is -3.18. The molecule has 0 fully saturated rings. The van der Waals surface area contributed by atoms with Crippen LogP contribution in [0.15, 0.2) is 67.6 Å². The van der Waals surface area contributed by atoms with Gasteiger partial charge in [0, 0.05) is 31.3 Å². The van der Waals surface area contributed by atoms with Crippen LogP contribution in [-0.4, -0.2) is 36.5 Å². The number of benzene rings is 2. The molecule has 2 aromatic carbocycles. The summed E-state index contributed by atoms with van der Waals surface area (Å²) in [6.07, 6.45) is 1.28. The van der Waals surface area contributed by atoms with Gasteiger partial charge in [-0.1, -0.05) is 23.8 Å². The maximum Gasteiger partial charge on any atom is 0.330 e. The number of nitrogens with zero attached hydrogens (tertiary/aromatic N) is 4. The Morgan fingerprint density at radius 3 is 2.14 bits per heavy atom. The number of aromatic nitrogens is 2. The standard InChI is InChI=1S/C24H27BrN4O5S/c1-6-28(21-14-26(4)24(32)27(5)23(21)31)22(30)15-29(20-12-9-17(3)13-19(20)25)35(33,34)18-10-7-16(2)8-11-18/h7-14H,6,15H2,1-5H3. The molecular formula is C24H27BrN4O5S. The van der Waals surface area contributed by atoms with Crippen LogP contribution in [0.1, 0.15) is 18.1 Å². The second-order valence-corrected chi connectivity index (χ2v) is 10.9. The molecule has 1 heterocycles. The maximum absolute atomic E-state index is 13.7. The van der Waals surface area contributed by atoms with E-state index >= 15 is 0 Å². The van der Waals surface area contributed by atoms with Crippen LogP contribution in [0.3, 0.4) is 0 Å². The minimum Gasteiger partial charge on any atom is -0.305 e. The fourth-order valence-electron chi connectivity index (χ4n) is 3.61. The zero-order valence-corrected chi connectivity index (χ0v) is 22.6. The number of sulfonamides is 1. The molecule has 0 aliphatic heterocycles. The summed E-state index contributed by atoms with van der Waals surface area (Å²) in [7, 11) is -1.34. The van der Waals surface area contributed by atoms with E-state index in [9.17, 15) is 22.8 Å². The van der Waals surface area contributed by atoms with E-state index in [0.717, 1.165) is 20.0 Å². The van der Waals surface area contributed by atoms with Crippen LogP contribution in [-0.2, 0) is 28.9 Å². The Labute approximate surface area is 212 Å². The van der Waals surface area contributed by atoms with Gasteiger partial charge in [-0.15, -0.1) is 0 Å². The minimum absolute atomic E-state index is 0.0160. The number of aryl methyl sites for hydroxylation is 3. The lowest BCUT2D eigenvalue weighted by Gasteiger charge is -2.28. The minimum atomic E-state index is -4.14. The first-order valence-electron chi connectivity index (χ1n) is 10.8. The summed E-state index contributed by atoms with van der Waals surface area (Å²) >= 11 is 3.43. The Bertz CT molecular complexity index is 1490. The predicted octanol–water partition coefficient (Wildman–Crippen LogP) is 2.71. The van der Waals surface area contributed by atoms with Crippen molar-refractivity contribution in [3.8, 4) is 0 Å². The Morgan fingerprint density at radius 2 is 1.57 bits per heavy atom. The molecule has 0 bridgehead atoms. The summed E-state index contributed by atoms with van der Waals surface area (Å²) in [5.74, 6) is -0.619. The number of halogens is 1. The molecule has 0 aliphatic carbocycles. The molecule has 0 saturated heterocycles. The van der Waals surface area contributed by atoms with Gasteiger partial charge in [0.25, 0.3) is 15.6 Å². The molecule has 11 heteroatoms. The number of amides is 1. The van der Waals surface area contributed by atoms with Crippen LogP contribution < -0.4 is 20.5 Å². The lowest BCUT2D eigenvalue weighted by Crippen LogP contribution is -2.47. The average molecular weight is 563 g/mol. The van der Waals surface area contributed by atoms with Gasteiger partial charge < -0.3 is 9.47 Å². The van der Waals surface area contributed by atoms with Crippen molar-refractivity contribution in [3.63, 3.8) is 0 Å². The van der Waals surface area contributed by atoms with Gasteiger partial charge in [0.1, 0.15) is 12.2 Å². The highest BCUT2D eigenvalue weighted by molar-refractivity contribution is 9.10. The number of carbonyl (C=O) groups is 1. The van der Waals surface area contributed by atoms with Crippen molar-refractivity contribution >= 4 is 43.2 Å². The normalized spacial score (nSPS) is 11.4. The van der Waals surface area contributed by atoms with Crippen molar-refractivity contribution in [2.24, 2.45) is 14.1 Å². The van der Waals surface area contributed by atoms with Gasteiger partial charge in [0.05, 0.1) is 10.6 Å². The molecule has 0 N–H and O–H groups in total. The van der Waals surface area contributed by atoms with E-state index in [4.69, 9.17) is 0 Å². The van der Waals surface area contributed by atoms with Crippen molar-refractivity contribution in [2.45, 2.75) is 25.7 Å². The van der Waals surface area contributed by atoms with Crippen LogP contribution in [0.2, 0.25) is 0 Å². The third kappa shape index (κ3) is 5.25. The Balaban J connectivity index is 2.13. The molecule has 3 aromatic rings. The second kappa shape index (κ2) is 10.2. The molecular weight excluding hydrogens is 536 g/mol. The molecule has 9 nitrogen and oxygen atoms in total. The topological polar surface area (TPSA) is 102 Å². The zero-order chi connectivity index (χ0) is 26.1. The van der Waals surface area contributed by atoms with Gasteiger partial charge in [-0.25, -0.2) is 13.2 Å². The maximum atomic E-state index is 13.7. The van der Waals surface area contributed by atoms with E-state index in [1.807, 2.05) is 13.8 Å². The van der Waals surface area contributed by atoms with E-state index in [1.54, 1.807) is 37.3 Å². The highest BCUT2D eigenvalue weighted by Crippen LogP contribution is 2.32. The van der Waals surface area contributed by atoms with E-state index < -0.39 is 33.7 Å². The fourth-order valence-corrected chi connectivity index (χ4v) is 5.87. The van der Waals surface area contributed by atoms with Crippen LogP contribution in [0, 0.1) is 13.8 Å².